The van der Waals surface area contributed by atoms with E-state index < -0.39 is 17.8 Å². The Morgan fingerprint density at radius 1 is 1.14 bits per heavy atom. The van der Waals surface area contributed by atoms with Gasteiger partial charge in [-0.15, -0.1) is 0 Å². The predicted molar refractivity (Wildman–Crippen MR) is 71.4 cm³/mol. The molecule has 0 saturated heterocycles. The molecule has 0 radical (unpaired) electrons. The van der Waals surface area contributed by atoms with Gasteiger partial charge in [0.25, 0.3) is 0 Å². The molecular weight excluding hydrogens is 279 g/mol. The number of nitriles is 1. The Balaban J connectivity index is 2.40. The van der Waals surface area contributed by atoms with Crippen LogP contribution < -0.4 is 0 Å². The second-order valence-corrected chi connectivity index (χ2v) is 4.71. The number of aryl methyl sites for hydroxylation is 1. The fraction of sp³-hybridized carbons (Fsp3) is 0.188. The van der Waals surface area contributed by atoms with Gasteiger partial charge in [0.15, 0.2) is 0 Å². The molecule has 0 aromatic heterocycles. The highest BCUT2D eigenvalue weighted by molar-refractivity contribution is 5.41. The molecular formula is C16H12F3NO. The van der Waals surface area contributed by atoms with Gasteiger partial charge in [-0.3, -0.25) is 0 Å². The van der Waals surface area contributed by atoms with Gasteiger partial charge in [-0.2, -0.15) is 18.4 Å². The van der Waals surface area contributed by atoms with Crippen LogP contribution >= 0.6 is 0 Å². The average Bonchev–Trinajstić information content (AvgIpc) is 2.45. The zero-order valence-electron chi connectivity index (χ0n) is 11.1. The van der Waals surface area contributed by atoms with Crippen LogP contribution in [0.3, 0.4) is 0 Å². The summed E-state index contributed by atoms with van der Waals surface area (Å²) in [6, 6.07) is 11.5. The normalized spacial score (nSPS) is 12.8. The highest BCUT2D eigenvalue weighted by atomic mass is 19.4. The summed E-state index contributed by atoms with van der Waals surface area (Å²) in [5, 5.41) is 19.1. The lowest BCUT2D eigenvalue weighted by Crippen LogP contribution is -2.08. The highest BCUT2D eigenvalue weighted by Gasteiger charge is 2.31. The van der Waals surface area contributed by atoms with Crippen LogP contribution in [0.5, 0.6) is 0 Å². The highest BCUT2D eigenvalue weighted by Crippen LogP contribution is 2.33. The molecule has 1 unspecified atom stereocenters. The lowest BCUT2D eigenvalue weighted by atomic mass is 9.95. The number of nitrogens with zero attached hydrogens (tertiary/aromatic N) is 1. The molecule has 2 aromatic rings. The van der Waals surface area contributed by atoms with Crippen molar-refractivity contribution < 1.29 is 18.3 Å². The van der Waals surface area contributed by atoms with Crippen molar-refractivity contribution in [2.75, 3.05) is 0 Å². The molecule has 0 amide bonds. The smallest absolute Gasteiger partial charge is 0.384 e. The van der Waals surface area contributed by atoms with Crippen LogP contribution in [0.2, 0.25) is 0 Å². The lowest BCUT2D eigenvalue weighted by molar-refractivity contribution is -0.137. The number of halogens is 3. The second kappa shape index (κ2) is 5.58. The van der Waals surface area contributed by atoms with Crippen LogP contribution in [0.4, 0.5) is 13.2 Å². The van der Waals surface area contributed by atoms with E-state index in [-0.39, 0.29) is 0 Å². The zero-order valence-corrected chi connectivity index (χ0v) is 11.1. The number of rotatable bonds is 2. The summed E-state index contributed by atoms with van der Waals surface area (Å²) >= 11 is 0. The average molecular weight is 291 g/mol. The first-order valence-electron chi connectivity index (χ1n) is 6.19. The number of benzene rings is 2. The molecule has 2 rings (SSSR count). The second-order valence-electron chi connectivity index (χ2n) is 4.71. The van der Waals surface area contributed by atoms with Crippen LogP contribution in [-0.2, 0) is 6.18 Å². The van der Waals surface area contributed by atoms with Crippen molar-refractivity contribution in [1.82, 2.24) is 0 Å². The van der Waals surface area contributed by atoms with E-state index >= 15 is 0 Å². The number of hydrogen-bond acceptors (Lipinski definition) is 2. The minimum Gasteiger partial charge on any atom is -0.384 e. The number of hydrogen-bond donors (Lipinski definition) is 1. The molecule has 0 spiro atoms. The molecule has 0 bridgehead atoms. The Bertz CT molecular complexity index is 701. The number of alkyl halides is 3. The van der Waals surface area contributed by atoms with Gasteiger partial charge in [-0.25, -0.2) is 0 Å². The summed E-state index contributed by atoms with van der Waals surface area (Å²) in [7, 11) is 0. The van der Waals surface area contributed by atoms with Gasteiger partial charge in [-0.1, -0.05) is 18.2 Å². The minimum absolute atomic E-state index is 0.347. The predicted octanol–water partition coefficient (Wildman–Crippen LogP) is 3.97. The molecule has 21 heavy (non-hydrogen) atoms. The van der Waals surface area contributed by atoms with Crippen LogP contribution in [0.1, 0.15) is 33.9 Å². The van der Waals surface area contributed by atoms with Crippen molar-refractivity contribution in [2.24, 2.45) is 0 Å². The summed E-state index contributed by atoms with van der Waals surface area (Å²) in [6.07, 6.45) is -5.48. The Morgan fingerprint density at radius 3 is 2.43 bits per heavy atom. The summed E-state index contributed by atoms with van der Waals surface area (Å²) in [6.45, 7) is 1.52. The molecule has 1 N–H and O–H groups in total. The summed E-state index contributed by atoms with van der Waals surface area (Å²) in [5.41, 5.74) is 0.840. The van der Waals surface area contributed by atoms with E-state index in [0.717, 1.165) is 12.1 Å². The van der Waals surface area contributed by atoms with E-state index in [1.54, 1.807) is 18.2 Å². The molecule has 0 fully saturated rings. The van der Waals surface area contributed by atoms with Gasteiger partial charge in [0.05, 0.1) is 17.2 Å². The summed E-state index contributed by atoms with van der Waals surface area (Å²) in [4.78, 5) is 0. The largest absolute Gasteiger partial charge is 0.416 e. The minimum atomic E-state index is -4.41. The first-order valence-corrected chi connectivity index (χ1v) is 6.19. The summed E-state index contributed by atoms with van der Waals surface area (Å²) in [5.74, 6) is 0. The molecule has 0 heterocycles. The third-order valence-corrected chi connectivity index (χ3v) is 3.22. The van der Waals surface area contributed by atoms with Crippen molar-refractivity contribution in [2.45, 2.75) is 19.2 Å². The van der Waals surface area contributed by atoms with Crippen LogP contribution in [-0.4, -0.2) is 5.11 Å². The van der Waals surface area contributed by atoms with Gasteiger partial charge >= 0.3 is 6.18 Å². The topological polar surface area (TPSA) is 44.0 Å². The fourth-order valence-corrected chi connectivity index (χ4v) is 2.12. The maximum Gasteiger partial charge on any atom is 0.416 e. The van der Waals surface area contributed by atoms with Gasteiger partial charge in [0.1, 0.15) is 6.10 Å². The zero-order chi connectivity index (χ0) is 15.6. The molecule has 2 aromatic carbocycles. The molecule has 0 saturated carbocycles. The Labute approximate surface area is 120 Å². The monoisotopic (exact) mass is 291 g/mol. The first-order chi connectivity index (χ1) is 9.82. The van der Waals surface area contributed by atoms with Gasteiger partial charge in [-0.05, 0) is 47.9 Å². The molecule has 1 atom stereocenters. The molecule has 0 aliphatic rings. The maximum atomic E-state index is 12.6. The van der Waals surface area contributed by atoms with E-state index in [2.05, 4.69) is 0 Å². The van der Waals surface area contributed by atoms with Crippen LogP contribution in [0.15, 0.2) is 42.5 Å². The van der Waals surface area contributed by atoms with Gasteiger partial charge in [0.2, 0.25) is 0 Å². The van der Waals surface area contributed by atoms with E-state index in [1.165, 1.54) is 19.1 Å². The number of aliphatic hydroxyl groups excluding tert-OH is 1. The van der Waals surface area contributed by atoms with Crippen molar-refractivity contribution in [1.29, 1.82) is 5.26 Å². The van der Waals surface area contributed by atoms with E-state index in [0.29, 0.717) is 22.3 Å². The van der Waals surface area contributed by atoms with Crippen molar-refractivity contribution in [3.63, 3.8) is 0 Å². The quantitative estimate of drug-likeness (QED) is 0.910. The van der Waals surface area contributed by atoms with E-state index in [4.69, 9.17) is 5.26 Å². The Morgan fingerprint density at radius 2 is 1.86 bits per heavy atom. The molecule has 5 heteroatoms. The Kier molecular flexibility index (Phi) is 4.01. The SMILES string of the molecule is Cc1cc(C(F)(F)F)ccc1C(O)c1cccc(C#N)c1. The van der Waals surface area contributed by atoms with E-state index in [9.17, 15) is 18.3 Å². The van der Waals surface area contributed by atoms with Crippen molar-refractivity contribution >= 4 is 0 Å². The maximum absolute atomic E-state index is 12.6. The first kappa shape index (κ1) is 15.1. The fourth-order valence-electron chi connectivity index (χ4n) is 2.12. The molecule has 2 nitrogen and oxygen atoms in total. The standard InChI is InChI=1S/C16H12F3NO/c1-10-7-13(16(17,18)19)5-6-14(10)15(21)12-4-2-3-11(8-12)9-20/h2-8,15,21H,1H3. The van der Waals surface area contributed by atoms with Gasteiger partial charge in [0, 0.05) is 0 Å². The molecule has 0 aliphatic carbocycles. The molecule has 0 aliphatic heterocycles. The van der Waals surface area contributed by atoms with E-state index in [1.807, 2.05) is 6.07 Å². The Hall–Kier alpha value is -2.32. The van der Waals surface area contributed by atoms with Crippen LogP contribution in [0.25, 0.3) is 0 Å². The van der Waals surface area contributed by atoms with Gasteiger partial charge < -0.3 is 5.11 Å². The van der Waals surface area contributed by atoms with Crippen LogP contribution in [0, 0.1) is 18.3 Å². The third-order valence-electron chi connectivity index (χ3n) is 3.22. The van der Waals surface area contributed by atoms with Crippen molar-refractivity contribution in [3.05, 3.63) is 70.3 Å². The lowest BCUT2D eigenvalue weighted by Gasteiger charge is -2.16. The third kappa shape index (κ3) is 3.23. The van der Waals surface area contributed by atoms with Crippen molar-refractivity contribution in [3.8, 4) is 6.07 Å². The molecule has 108 valence electrons. The summed E-state index contributed by atoms with van der Waals surface area (Å²) < 4.78 is 37.9. The number of aliphatic hydroxyl groups is 1.